The fraction of sp³-hybridized carbons (Fsp3) is 0.400. The van der Waals surface area contributed by atoms with Crippen molar-refractivity contribution in [1.29, 1.82) is 0 Å². The Hall–Kier alpha value is -2.40. The molecular formula is C20H23N3O2. The molecule has 1 amide bonds. The zero-order valence-corrected chi connectivity index (χ0v) is 14.5. The zero-order valence-electron chi connectivity index (χ0n) is 14.5. The Morgan fingerprint density at radius 2 is 2.00 bits per heavy atom. The largest absolute Gasteiger partial charge is 0.480 e. The third-order valence-corrected chi connectivity index (χ3v) is 5.32. The normalized spacial score (nSPS) is 20.4. The van der Waals surface area contributed by atoms with Crippen LogP contribution in [-0.2, 0) is 13.0 Å². The van der Waals surface area contributed by atoms with Crippen LogP contribution in [0, 0.1) is 0 Å². The van der Waals surface area contributed by atoms with Crippen molar-refractivity contribution in [2.75, 3.05) is 26.7 Å². The Labute approximate surface area is 148 Å². The highest BCUT2D eigenvalue weighted by Gasteiger charge is 2.33. The summed E-state index contributed by atoms with van der Waals surface area (Å²) in [6.45, 7) is 3.62. The van der Waals surface area contributed by atoms with E-state index in [1.165, 1.54) is 11.1 Å². The van der Waals surface area contributed by atoms with Gasteiger partial charge in [-0.2, -0.15) is 0 Å². The molecule has 3 heterocycles. The number of ether oxygens (including phenoxy) is 1. The molecule has 5 nitrogen and oxygen atoms in total. The molecule has 1 saturated heterocycles. The minimum atomic E-state index is 0.0184. The van der Waals surface area contributed by atoms with E-state index in [2.05, 4.69) is 34.1 Å². The van der Waals surface area contributed by atoms with Gasteiger partial charge in [-0.3, -0.25) is 9.69 Å². The fourth-order valence-corrected chi connectivity index (χ4v) is 3.94. The summed E-state index contributed by atoms with van der Waals surface area (Å²) in [4.78, 5) is 21.4. The summed E-state index contributed by atoms with van der Waals surface area (Å²) in [6, 6.07) is 12.7. The molecule has 0 spiro atoms. The summed E-state index contributed by atoms with van der Waals surface area (Å²) < 4.78 is 5.24. The minimum absolute atomic E-state index is 0.0184. The van der Waals surface area contributed by atoms with Gasteiger partial charge in [0.25, 0.3) is 5.91 Å². The quantitative estimate of drug-likeness (QED) is 0.863. The molecule has 1 atom stereocenters. The van der Waals surface area contributed by atoms with Crippen molar-refractivity contribution in [3.63, 3.8) is 0 Å². The molecule has 5 heteroatoms. The molecule has 2 aliphatic rings. The van der Waals surface area contributed by atoms with Crippen LogP contribution in [0.15, 0.2) is 42.6 Å². The monoisotopic (exact) mass is 337 g/mol. The van der Waals surface area contributed by atoms with Crippen molar-refractivity contribution >= 4 is 5.91 Å². The number of benzene rings is 1. The molecule has 1 aromatic heterocycles. The van der Waals surface area contributed by atoms with Crippen LogP contribution in [0.3, 0.4) is 0 Å². The number of rotatable bonds is 3. The molecule has 0 saturated carbocycles. The summed E-state index contributed by atoms with van der Waals surface area (Å²) >= 11 is 0. The average Bonchev–Trinajstić information content (AvgIpc) is 3.17. The van der Waals surface area contributed by atoms with Gasteiger partial charge in [0.1, 0.15) is 5.56 Å². The second-order valence-corrected chi connectivity index (χ2v) is 6.74. The van der Waals surface area contributed by atoms with Crippen LogP contribution in [0.1, 0.15) is 27.9 Å². The maximum absolute atomic E-state index is 12.8. The molecule has 0 N–H and O–H groups in total. The first-order valence-corrected chi connectivity index (χ1v) is 8.85. The summed E-state index contributed by atoms with van der Waals surface area (Å²) in [7, 11) is 1.55. The highest BCUT2D eigenvalue weighted by molar-refractivity contribution is 5.96. The molecule has 1 aromatic carbocycles. The van der Waals surface area contributed by atoms with Gasteiger partial charge in [-0.1, -0.05) is 24.3 Å². The van der Waals surface area contributed by atoms with Crippen LogP contribution in [0.5, 0.6) is 5.88 Å². The van der Waals surface area contributed by atoms with Gasteiger partial charge in [0.15, 0.2) is 0 Å². The molecule has 4 rings (SSSR count). The summed E-state index contributed by atoms with van der Waals surface area (Å²) in [5.74, 6) is 0.424. The van der Waals surface area contributed by atoms with Gasteiger partial charge in [-0.15, -0.1) is 0 Å². The standard InChI is InChI=1S/C20H23N3O2/c1-25-19-18(7-4-10-21-19)20(24)23-12-9-17(14-23)22-11-8-15-5-2-3-6-16(15)13-22/h2-7,10,17H,8-9,11-14H2,1H3. The van der Waals surface area contributed by atoms with Gasteiger partial charge in [-0.25, -0.2) is 4.98 Å². The van der Waals surface area contributed by atoms with Crippen molar-refractivity contribution in [1.82, 2.24) is 14.8 Å². The van der Waals surface area contributed by atoms with Crippen LogP contribution in [0.25, 0.3) is 0 Å². The predicted octanol–water partition coefficient (Wildman–Crippen LogP) is 2.36. The lowest BCUT2D eigenvalue weighted by molar-refractivity contribution is 0.0769. The van der Waals surface area contributed by atoms with E-state index in [9.17, 15) is 4.79 Å². The number of carbonyl (C=O) groups excluding carboxylic acids is 1. The van der Waals surface area contributed by atoms with Gasteiger partial charge >= 0.3 is 0 Å². The first kappa shape index (κ1) is 16.1. The minimum Gasteiger partial charge on any atom is -0.480 e. The lowest BCUT2D eigenvalue weighted by Crippen LogP contribution is -2.41. The second kappa shape index (κ2) is 6.84. The van der Waals surface area contributed by atoms with Gasteiger partial charge in [0, 0.05) is 38.4 Å². The van der Waals surface area contributed by atoms with Gasteiger partial charge < -0.3 is 9.64 Å². The number of hydrogen-bond donors (Lipinski definition) is 0. The molecule has 2 aliphatic heterocycles. The molecule has 0 radical (unpaired) electrons. The van der Waals surface area contributed by atoms with E-state index in [1.807, 2.05) is 4.90 Å². The van der Waals surface area contributed by atoms with Crippen molar-refractivity contribution in [3.05, 3.63) is 59.3 Å². The van der Waals surface area contributed by atoms with Crippen LogP contribution in [-0.4, -0.2) is 53.5 Å². The van der Waals surface area contributed by atoms with E-state index in [4.69, 9.17) is 4.74 Å². The van der Waals surface area contributed by atoms with Crippen molar-refractivity contribution in [2.45, 2.75) is 25.4 Å². The smallest absolute Gasteiger partial charge is 0.259 e. The lowest BCUT2D eigenvalue weighted by atomic mass is 9.98. The first-order valence-electron chi connectivity index (χ1n) is 8.85. The Morgan fingerprint density at radius 1 is 1.16 bits per heavy atom. The Balaban J connectivity index is 1.44. The number of hydrogen-bond acceptors (Lipinski definition) is 4. The molecule has 2 aromatic rings. The number of fused-ring (bicyclic) bond motifs is 1. The number of amides is 1. The average molecular weight is 337 g/mol. The molecule has 1 fully saturated rings. The highest BCUT2D eigenvalue weighted by Crippen LogP contribution is 2.26. The lowest BCUT2D eigenvalue weighted by Gasteiger charge is -2.33. The number of likely N-dealkylation sites (tertiary alicyclic amines) is 1. The third-order valence-electron chi connectivity index (χ3n) is 5.32. The Morgan fingerprint density at radius 3 is 2.84 bits per heavy atom. The molecule has 25 heavy (non-hydrogen) atoms. The molecule has 0 aliphatic carbocycles. The van der Waals surface area contributed by atoms with E-state index in [-0.39, 0.29) is 5.91 Å². The Kier molecular flexibility index (Phi) is 4.40. The predicted molar refractivity (Wildman–Crippen MR) is 95.7 cm³/mol. The van der Waals surface area contributed by atoms with Crippen LogP contribution < -0.4 is 4.74 Å². The van der Waals surface area contributed by atoms with E-state index >= 15 is 0 Å². The fourth-order valence-electron chi connectivity index (χ4n) is 3.94. The summed E-state index contributed by atoms with van der Waals surface area (Å²) in [5, 5.41) is 0. The van der Waals surface area contributed by atoms with Crippen LogP contribution in [0.2, 0.25) is 0 Å². The molecular weight excluding hydrogens is 314 g/mol. The van der Waals surface area contributed by atoms with E-state index in [0.29, 0.717) is 17.5 Å². The first-order chi connectivity index (χ1) is 12.3. The number of aromatic nitrogens is 1. The van der Waals surface area contributed by atoms with E-state index in [1.54, 1.807) is 25.4 Å². The van der Waals surface area contributed by atoms with Gasteiger partial charge in [0.05, 0.1) is 7.11 Å². The highest BCUT2D eigenvalue weighted by atomic mass is 16.5. The summed E-state index contributed by atoms with van der Waals surface area (Å²) in [5.41, 5.74) is 3.44. The zero-order chi connectivity index (χ0) is 17.2. The van der Waals surface area contributed by atoms with Gasteiger partial charge in [0.2, 0.25) is 5.88 Å². The van der Waals surface area contributed by atoms with Gasteiger partial charge in [-0.05, 0) is 36.1 Å². The summed E-state index contributed by atoms with van der Waals surface area (Å²) in [6.07, 6.45) is 3.76. The molecule has 0 bridgehead atoms. The number of nitrogens with zero attached hydrogens (tertiary/aromatic N) is 3. The maximum Gasteiger partial charge on any atom is 0.259 e. The van der Waals surface area contributed by atoms with Crippen molar-refractivity contribution in [3.8, 4) is 5.88 Å². The number of carbonyl (C=O) groups is 1. The SMILES string of the molecule is COc1ncccc1C(=O)N1CCC(N2CCc3ccccc3C2)C1. The number of pyridine rings is 1. The van der Waals surface area contributed by atoms with Crippen molar-refractivity contribution < 1.29 is 9.53 Å². The van der Waals surface area contributed by atoms with Crippen molar-refractivity contribution in [2.24, 2.45) is 0 Å². The van der Waals surface area contributed by atoms with Crippen LogP contribution in [0.4, 0.5) is 0 Å². The second-order valence-electron chi connectivity index (χ2n) is 6.74. The van der Waals surface area contributed by atoms with Crippen LogP contribution >= 0.6 is 0 Å². The topological polar surface area (TPSA) is 45.7 Å². The molecule has 1 unspecified atom stereocenters. The third kappa shape index (κ3) is 3.12. The molecule has 130 valence electrons. The Bertz CT molecular complexity index is 777. The van der Waals surface area contributed by atoms with E-state index in [0.717, 1.165) is 39.0 Å². The number of methoxy groups -OCH3 is 1. The van der Waals surface area contributed by atoms with E-state index < -0.39 is 0 Å². The maximum atomic E-state index is 12.8.